The third kappa shape index (κ3) is 4.39. The number of alkyl carbamates (subject to hydrolysis) is 1. The number of carboxylic acid groups (broad SMARTS) is 1. The number of nitrogens with one attached hydrogen (secondary N) is 1. The molecule has 2 aromatic carbocycles. The summed E-state index contributed by atoms with van der Waals surface area (Å²) in [4.78, 5) is 38.8. The number of carbonyl (C=O) groups excluding carboxylic acids is 2. The molecule has 1 saturated carbocycles. The lowest BCUT2D eigenvalue weighted by Gasteiger charge is -2.38. The number of carboxylic acids is 1. The quantitative estimate of drug-likeness (QED) is 0.660. The van der Waals surface area contributed by atoms with Gasteiger partial charge in [0.1, 0.15) is 12.1 Å². The van der Waals surface area contributed by atoms with Crippen molar-refractivity contribution in [3.8, 4) is 11.1 Å². The number of carbonyl (C=O) groups is 3. The van der Waals surface area contributed by atoms with Crippen LogP contribution in [0.1, 0.15) is 56.6 Å². The average Bonchev–Trinajstić information content (AvgIpc) is 3.16. The maximum Gasteiger partial charge on any atom is 0.407 e. The number of nitrogens with zero attached hydrogens (tertiary/aromatic N) is 1. The van der Waals surface area contributed by atoms with Crippen LogP contribution < -0.4 is 5.32 Å². The summed E-state index contributed by atoms with van der Waals surface area (Å²) in [7, 11) is 1.51. The Morgan fingerprint density at radius 2 is 1.56 bits per heavy atom. The summed E-state index contributed by atoms with van der Waals surface area (Å²) >= 11 is 0. The molecule has 0 radical (unpaired) electrons. The number of rotatable bonds is 6. The highest BCUT2D eigenvalue weighted by Gasteiger charge is 2.41. The Labute approximate surface area is 200 Å². The van der Waals surface area contributed by atoms with Gasteiger partial charge >= 0.3 is 12.1 Å². The van der Waals surface area contributed by atoms with Crippen molar-refractivity contribution in [2.24, 2.45) is 5.92 Å². The highest BCUT2D eigenvalue weighted by atomic mass is 16.5. The molecule has 2 atom stereocenters. The number of aliphatic carboxylic acids is 1. The van der Waals surface area contributed by atoms with Crippen LogP contribution in [-0.2, 0) is 14.3 Å². The standard InChI is InChI=1S/C27H32N2O5/c1-27(2,25(31)32)29(3)24(30)21-14-8-9-15-23(21)28-26(33)34-16-22-19-12-6-4-10-17(19)18-11-5-7-13-20(18)22/h4-7,10-13,21-23H,8-9,14-16H2,1-3H3,(H,28,33)(H,31,32)/t21-,23+/m1/s1. The van der Waals surface area contributed by atoms with Crippen LogP contribution in [-0.4, -0.2) is 53.2 Å². The minimum Gasteiger partial charge on any atom is -0.480 e. The van der Waals surface area contributed by atoms with E-state index in [0.717, 1.165) is 35.1 Å². The molecule has 0 aromatic heterocycles. The highest BCUT2D eigenvalue weighted by Crippen LogP contribution is 2.44. The number of ether oxygens (including phenoxy) is 1. The predicted octanol–water partition coefficient (Wildman–Crippen LogP) is 4.41. The zero-order chi connectivity index (χ0) is 24.5. The lowest BCUT2D eigenvalue weighted by Crippen LogP contribution is -2.56. The Morgan fingerprint density at radius 3 is 2.15 bits per heavy atom. The second-order valence-electron chi connectivity index (χ2n) is 9.73. The minimum absolute atomic E-state index is 0.0376. The molecule has 0 unspecified atom stereocenters. The second-order valence-corrected chi connectivity index (χ2v) is 9.73. The summed E-state index contributed by atoms with van der Waals surface area (Å²) in [6.45, 7) is 3.21. The Hall–Kier alpha value is -3.35. The number of fused-ring (bicyclic) bond motifs is 3. The molecule has 0 spiro atoms. The summed E-state index contributed by atoms with van der Waals surface area (Å²) in [5.41, 5.74) is 3.27. The van der Waals surface area contributed by atoms with Crippen molar-refractivity contribution in [2.75, 3.05) is 13.7 Å². The summed E-state index contributed by atoms with van der Waals surface area (Å²) in [6.07, 6.45) is 2.46. The molecule has 180 valence electrons. The molecule has 2 amide bonds. The van der Waals surface area contributed by atoms with Crippen LogP contribution in [0.5, 0.6) is 0 Å². The summed E-state index contributed by atoms with van der Waals surface area (Å²) in [6, 6.07) is 15.9. The molecule has 7 nitrogen and oxygen atoms in total. The van der Waals surface area contributed by atoms with E-state index in [1.807, 2.05) is 24.3 Å². The molecule has 0 bridgehead atoms. The van der Waals surface area contributed by atoms with Crippen LogP contribution in [0, 0.1) is 5.92 Å². The van der Waals surface area contributed by atoms with Gasteiger partial charge in [-0.1, -0.05) is 61.4 Å². The smallest absolute Gasteiger partial charge is 0.407 e. The molecule has 4 rings (SSSR count). The fourth-order valence-electron chi connectivity index (χ4n) is 5.06. The van der Waals surface area contributed by atoms with Gasteiger partial charge in [-0.25, -0.2) is 9.59 Å². The van der Waals surface area contributed by atoms with Gasteiger partial charge in [0.2, 0.25) is 5.91 Å². The fraction of sp³-hybridized carbons (Fsp3) is 0.444. The van der Waals surface area contributed by atoms with E-state index < -0.39 is 23.5 Å². The van der Waals surface area contributed by atoms with Gasteiger partial charge in [-0.05, 0) is 48.9 Å². The van der Waals surface area contributed by atoms with Crippen molar-refractivity contribution in [3.05, 3.63) is 59.7 Å². The van der Waals surface area contributed by atoms with E-state index in [2.05, 4.69) is 29.6 Å². The first-order chi connectivity index (χ1) is 16.2. The van der Waals surface area contributed by atoms with Crippen LogP contribution in [0.3, 0.4) is 0 Å². The monoisotopic (exact) mass is 464 g/mol. The number of hydrogen-bond acceptors (Lipinski definition) is 4. The summed E-state index contributed by atoms with van der Waals surface area (Å²) < 4.78 is 5.67. The first-order valence-electron chi connectivity index (χ1n) is 11.8. The molecule has 0 saturated heterocycles. The molecule has 1 fully saturated rings. The molecule has 0 aliphatic heterocycles. The van der Waals surface area contributed by atoms with E-state index >= 15 is 0 Å². The number of hydrogen-bond donors (Lipinski definition) is 2. The van der Waals surface area contributed by atoms with E-state index in [-0.39, 0.29) is 24.5 Å². The number of benzene rings is 2. The van der Waals surface area contributed by atoms with Crippen molar-refractivity contribution < 1.29 is 24.2 Å². The van der Waals surface area contributed by atoms with Crippen molar-refractivity contribution >= 4 is 18.0 Å². The van der Waals surface area contributed by atoms with Gasteiger partial charge in [0.05, 0.1) is 5.92 Å². The van der Waals surface area contributed by atoms with Crippen LogP contribution in [0.4, 0.5) is 4.79 Å². The van der Waals surface area contributed by atoms with Gasteiger partial charge in [0.25, 0.3) is 0 Å². The molecule has 34 heavy (non-hydrogen) atoms. The zero-order valence-corrected chi connectivity index (χ0v) is 19.9. The van der Waals surface area contributed by atoms with Gasteiger partial charge in [0.15, 0.2) is 0 Å². The maximum atomic E-state index is 13.2. The van der Waals surface area contributed by atoms with E-state index in [4.69, 9.17) is 4.74 Å². The Balaban J connectivity index is 1.42. The van der Waals surface area contributed by atoms with Crippen molar-refractivity contribution in [1.29, 1.82) is 0 Å². The third-order valence-corrected chi connectivity index (χ3v) is 7.42. The lowest BCUT2D eigenvalue weighted by atomic mass is 9.83. The van der Waals surface area contributed by atoms with E-state index in [1.165, 1.54) is 25.8 Å². The first kappa shape index (κ1) is 23.8. The lowest BCUT2D eigenvalue weighted by molar-refractivity contribution is -0.157. The van der Waals surface area contributed by atoms with E-state index in [9.17, 15) is 19.5 Å². The van der Waals surface area contributed by atoms with E-state index in [1.54, 1.807) is 0 Å². The molecular formula is C27H32N2O5. The van der Waals surface area contributed by atoms with Crippen molar-refractivity contribution in [1.82, 2.24) is 10.2 Å². The zero-order valence-electron chi connectivity index (χ0n) is 19.9. The highest BCUT2D eigenvalue weighted by molar-refractivity contribution is 5.88. The van der Waals surface area contributed by atoms with E-state index in [0.29, 0.717) is 12.8 Å². The summed E-state index contributed by atoms with van der Waals surface area (Å²) in [5, 5.41) is 12.4. The normalized spacial score (nSPS) is 19.6. The first-order valence-corrected chi connectivity index (χ1v) is 11.8. The van der Waals surface area contributed by atoms with Crippen LogP contribution in [0.2, 0.25) is 0 Å². The van der Waals surface area contributed by atoms with Crippen LogP contribution in [0.15, 0.2) is 48.5 Å². The Kier molecular flexibility index (Phi) is 6.64. The molecule has 0 heterocycles. The van der Waals surface area contributed by atoms with Gasteiger partial charge in [0, 0.05) is 19.0 Å². The Morgan fingerprint density at radius 1 is 1.00 bits per heavy atom. The van der Waals surface area contributed by atoms with Gasteiger partial charge in [-0.3, -0.25) is 4.79 Å². The van der Waals surface area contributed by atoms with Crippen molar-refractivity contribution in [3.63, 3.8) is 0 Å². The van der Waals surface area contributed by atoms with Crippen LogP contribution >= 0.6 is 0 Å². The molecule has 2 aliphatic rings. The molecule has 2 N–H and O–H groups in total. The molecule has 2 aliphatic carbocycles. The predicted molar refractivity (Wildman–Crippen MR) is 128 cm³/mol. The van der Waals surface area contributed by atoms with Gasteiger partial charge in [-0.2, -0.15) is 0 Å². The molecule has 2 aromatic rings. The fourth-order valence-corrected chi connectivity index (χ4v) is 5.06. The van der Waals surface area contributed by atoms with Crippen LogP contribution in [0.25, 0.3) is 11.1 Å². The minimum atomic E-state index is -1.33. The average molecular weight is 465 g/mol. The third-order valence-electron chi connectivity index (χ3n) is 7.42. The maximum absolute atomic E-state index is 13.2. The van der Waals surface area contributed by atoms with Gasteiger partial charge < -0.3 is 20.1 Å². The Bertz CT molecular complexity index is 1050. The summed E-state index contributed by atoms with van der Waals surface area (Å²) in [5.74, 6) is -1.85. The topological polar surface area (TPSA) is 95.9 Å². The molecular weight excluding hydrogens is 432 g/mol. The SMILES string of the molecule is CN(C(=O)[C@@H]1CCCC[C@@H]1NC(=O)OCC1c2ccccc2-c2ccccc21)C(C)(C)C(=O)O. The van der Waals surface area contributed by atoms with Gasteiger partial charge in [-0.15, -0.1) is 0 Å². The molecule has 7 heteroatoms. The van der Waals surface area contributed by atoms with Crippen molar-refractivity contribution in [2.45, 2.75) is 57.0 Å². The number of amides is 2. The second kappa shape index (κ2) is 9.49. The number of likely N-dealkylation sites (N-methyl/N-ethyl adjacent to an activating group) is 1. The largest absolute Gasteiger partial charge is 0.480 e.